The van der Waals surface area contributed by atoms with Crippen molar-refractivity contribution in [1.82, 2.24) is 14.9 Å². The Morgan fingerprint density at radius 3 is 3.06 bits per heavy atom. The summed E-state index contributed by atoms with van der Waals surface area (Å²) in [7, 11) is 1.82. The highest BCUT2D eigenvalue weighted by atomic mass is 19.1. The Kier molecular flexibility index (Phi) is 4.30. The molecule has 2 aromatic rings. The van der Waals surface area contributed by atoms with E-state index >= 15 is 0 Å². The van der Waals surface area contributed by atoms with Gasteiger partial charge < -0.3 is 14.6 Å². The molecule has 0 saturated heterocycles. The first-order valence-electron chi connectivity index (χ1n) is 5.81. The Morgan fingerprint density at radius 2 is 2.33 bits per heavy atom. The largest absolute Gasteiger partial charge is 0.491 e. The quantitative estimate of drug-likeness (QED) is 0.848. The van der Waals surface area contributed by atoms with Crippen molar-refractivity contribution in [3.63, 3.8) is 0 Å². The molecule has 0 aliphatic carbocycles. The summed E-state index contributed by atoms with van der Waals surface area (Å²) in [5, 5.41) is 2.99. The zero-order chi connectivity index (χ0) is 12.8. The molecule has 1 N–H and O–H groups in total. The van der Waals surface area contributed by atoms with Crippen molar-refractivity contribution in [2.45, 2.75) is 13.1 Å². The zero-order valence-electron chi connectivity index (χ0n) is 10.3. The molecule has 4 nitrogen and oxygen atoms in total. The van der Waals surface area contributed by atoms with Gasteiger partial charge in [0.05, 0.1) is 12.9 Å². The predicted molar refractivity (Wildman–Crippen MR) is 66.9 cm³/mol. The number of halogens is 1. The molecule has 0 aliphatic heterocycles. The van der Waals surface area contributed by atoms with Gasteiger partial charge in [0.15, 0.2) is 0 Å². The smallest absolute Gasteiger partial charge is 0.124 e. The van der Waals surface area contributed by atoms with E-state index in [1.807, 2.05) is 17.8 Å². The van der Waals surface area contributed by atoms with Crippen molar-refractivity contribution >= 4 is 0 Å². The number of benzene rings is 1. The lowest BCUT2D eigenvalue weighted by atomic mass is 10.2. The molecule has 2 rings (SSSR count). The number of nitrogens with zero attached hydrogens (tertiary/aromatic N) is 2. The van der Waals surface area contributed by atoms with Crippen molar-refractivity contribution in [2.75, 3.05) is 13.7 Å². The molecule has 0 unspecified atom stereocenters. The second-order valence-electron chi connectivity index (χ2n) is 3.93. The summed E-state index contributed by atoms with van der Waals surface area (Å²) < 4.78 is 20.7. The minimum absolute atomic E-state index is 0.248. The van der Waals surface area contributed by atoms with Crippen molar-refractivity contribution in [2.24, 2.45) is 0 Å². The first kappa shape index (κ1) is 12.6. The third-order valence-corrected chi connectivity index (χ3v) is 2.56. The minimum atomic E-state index is -0.248. The fourth-order valence-corrected chi connectivity index (χ4v) is 1.70. The standard InChI is InChI=1S/C13H16FN3O/c1-15-9-11-8-12(14)2-3-13(11)18-7-6-17-5-4-16-10-17/h2-5,8,10,15H,6-7,9H2,1H3. The van der Waals surface area contributed by atoms with Crippen LogP contribution in [0.3, 0.4) is 0 Å². The van der Waals surface area contributed by atoms with Crippen LogP contribution in [0.2, 0.25) is 0 Å². The van der Waals surface area contributed by atoms with Crippen LogP contribution in [0.5, 0.6) is 5.75 Å². The second-order valence-corrected chi connectivity index (χ2v) is 3.93. The fourth-order valence-electron chi connectivity index (χ4n) is 1.70. The van der Waals surface area contributed by atoms with Crippen LogP contribution >= 0.6 is 0 Å². The van der Waals surface area contributed by atoms with Crippen molar-refractivity contribution < 1.29 is 9.13 Å². The van der Waals surface area contributed by atoms with Gasteiger partial charge in [0, 0.05) is 24.5 Å². The highest BCUT2D eigenvalue weighted by molar-refractivity contribution is 5.33. The number of rotatable bonds is 6. The molecule has 1 heterocycles. The van der Waals surface area contributed by atoms with Gasteiger partial charge in [-0.25, -0.2) is 9.37 Å². The maximum Gasteiger partial charge on any atom is 0.124 e. The summed E-state index contributed by atoms with van der Waals surface area (Å²) in [4.78, 5) is 3.95. The topological polar surface area (TPSA) is 39.1 Å². The lowest BCUT2D eigenvalue weighted by Crippen LogP contribution is -2.11. The average Bonchev–Trinajstić information content (AvgIpc) is 2.85. The molecule has 0 spiro atoms. The van der Waals surface area contributed by atoms with Gasteiger partial charge in [-0.05, 0) is 25.2 Å². The third kappa shape index (κ3) is 3.30. The maximum absolute atomic E-state index is 13.1. The molecule has 0 amide bonds. The van der Waals surface area contributed by atoms with E-state index in [0.717, 1.165) is 12.1 Å². The zero-order valence-corrected chi connectivity index (χ0v) is 10.3. The van der Waals surface area contributed by atoms with Gasteiger partial charge in [-0.2, -0.15) is 0 Å². The van der Waals surface area contributed by atoms with Crippen LogP contribution in [-0.2, 0) is 13.1 Å². The lowest BCUT2D eigenvalue weighted by molar-refractivity contribution is 0.294. The molecule has 1 aromatic heterocycles. The van der Waals surface area contributed by atoms with Crippen molar-refractivity contribution in [1.29, 1.82) is 0 Å². The molecule has 0 radical (unpaired) electrons. The molecular weight excluding hydrogens is 233 g/mol. The summed E-state index contributed by atoms with van der Waals surface area (Å²) in [6.45, 7) is 1.83. The van der Waals surface area contributed by atoms with Crippen LogP contribution in [-0.4, -0.2) is 23.2 Å². The molecule has 0 bridgehead atoms. The SMILES string of the molecule is CNCc1cc(F)ccc1OCCn1ccnc1. The number of hydrogen-bond donors (Lipinski definition) is 1. The van der Waals surface area contributed by atoms with Crippen LogP contribution in [0.25, 0.3) is 0 Å². The van der Waals surface area contributed by atoms with Crippen molar-refractivity contribution in [3.05, 3.63) is 48.3 Å². The first-order valence-corrected chi connectivity index (χ1v) is 5.81. The van der Waals surface area contributed by atoms with E-state index in [2.05, 4.69) is 10.3 Å². The van der Waals surface area contributed by atoms with E-state index in [0.29, 0.717) is 18.9 Å². The lowest BCUT2D eigenvalue weighted by Gasteiger charge is -2.11. The predicted octanol–water partition coefficient (Wildman–Crippen LogP) is 1.82. The van der Waals surface area contributed by atoms with Crippen LogP contribution < -0.4 is 10.1 Å². The van der Waals surface area contributed by atoms with Gasteiger partial charge in [-0.3, -0.25) is 0 Å². The van der Waals surface area contributed by atoms with Gasteiger partial charge >= 0.3 is 0 Å². The third-order valence-electron chi connectivity index (χ3n) is 2.56. The van der Waals surface area contributed by atoms with Crippen LogP contribution in [0.4, 0.5) is 4.39 Å². The van der Waals surface area contributed by atoms with E-state index in [-0.39, 0.29) is 5.82 Å². The Morgan fingerprint density at radius 1 is 1.44 bits per heavy atom. The number of nitrogens with one attached hydrogen (secondary N) is 1. The number of aromatic nitrogens is 2. The van der Waals surface area contributed by atoms with Crippen molar-refractivity contribution in [3.8, 4) is 5.75 Å². The number of imidazole rings is 1. The summed E-state index contributed by atoms with van der Waals surface area (Å²) >= 11 is 0. The monoisotopic (exact) mass is 249 g/mol. The Balaban J connectivity index is 1.95. The molecule has 0 aliphatic rings. The molecule has 5 heteroatoms. The Hall–Kier alpha value is -1.88. The van der Waals surface area contributed by atoms with Gasteiger partial charge in [0.1, 0.15) is 18.2 Å². The highest BCUT2D eigenvalue weighted by Crippen LogP contribution is 2.19. The summed E-state index contributed by atoms with van der Waals surface area (Å²) in [6.07, 6.45) is 5.34. The van der Waals surface area contributed by atoms with Crippen LogP contribution in [0.15, 0.2) is 36.9 Å². The first-order chi connectivity index (χ1) is 8.79. The Labute approximate surface area is 105 Å². The van der Waals surface area contributed by atoms with E-state index in [4.69, 9.17) is 4.74 Å². The normalized spacial score (nSPS) is 10.6. The van der Waals surface area contributed by atoms with Gasteiger partial charge in [0.25, 0.3) is 0 Å². The number of ether oxygens (including phenoxy) is 1. The average molecular weight is 249 g/mol. The molecule has 18 heavy (non-hydrogen) atoms. The van der Waals surface area contributed by atoms with Gasteiger partial charge in [0.2, 0.25) is 0 Å². The van der Waals surface area contributed by atoms with E-state index in [1.165, 1.54) is 12.1 Å². The maximum atomic E-state index is 13.1. The molecule has 0 fully saturated rings. The summed E-state index contributed by atoms with van der Waals surface area (Å²) in [6, 6.07) is 4.56. The van der Waals surface area contributed by atoms with E-state index < -0.39 is 0 Å². The highest BCUT2D eigenvalue weighted by Gasteiger charge is 2.04. The molecule has 0 atom stereocenters. The summed E-state index contributed by atoms with van der Waals surface area (Å²) in [5.41, 5.74) is 0.822. The van der Waals surface area contributed by atoms with Crippen LogP contribution in [0, 0.1) is 5.82 Å². The second kappa shape index (κ2) is 6.16. The van der Waals surface area contributed by atoms with E-state index in [9.17, 15) is 4.39 Å². The molecular formula is C13H16FN3O. The molecule has 1 aromatic carbocycles. The fraction of sp³-hybridized carbons (Fsp3) is 0.308. The van der Waals surface area contributed by atoms with E-state index in [1.54, 1.807) is 18.6 Å². The van der Waals surface area contributed by atoms with Crippen LogP contribution in [0.1, 0.15) is 5.56 Å². The van der Waals surface area contributed by atoms with Gasteiger partial charge in [-0.1, -0.05) is 0 Å². The minimum Gasteiger partial charge on any atom is -0.491 e. The number of hydrogen-bond acceptors (Lipinski definition) is 3. The summed E-state index contributed by atoms with van der Waals surface area (Å²) in [5.74, 6) is 0.466. The van der Waals surface area contributed by atoms with Gasteiger partial charge in [-0.15, -0.1) is 0 Å². The Bertz CT molecular complexity index is 485. The molecule has 96 valence electrons. The molecule has 0 saturated carbocycles.